The first-order chi connectivity index (χ1) is 9.47. The molecule has 1 aliphatic rings. The zero-order valence-corrected chi connectivity index (χ0v) is 13.8. The van der Waals surface area contributed by atoms with E-state index in [4.69, 9.17) is 5.73 Å². The Balaban J connectivity index is 2.11. The first-order valence-corrected chi connectivity index (χ1v) is 8.04. The fraction of sp³-hybridized carbons (Fsp3) is 0.562. The summed E-state index contributed by atoms with van der Waals surface area (Å²) in [6, 6.07) is 5.88. The van der Waals surface area contributed by atoms with Gasteiger partial charge in [-0.1, -0.05) is 28.9 Å². The molecule has 0 saturated heterocycles. The number of aryl methyl sites for hydroxylation is 1. The first-order valence-electron chi connectivity index (χ1n) is 7.24. The highest BCUT2D eigenvalue weighted by atomic mass is 79.9. The van der Waals surface area contributed by atoms with E-state index >= 15 is 0 Å². The van der Waals surface area contributed by atoms with Crippen molar-refractivity contribution in [2.45, 2.75) is 39.5 Å². The van der Waals surface area contributed by atoms with Gasteiger partial charge in [-0.05, 0) is 56.2 Å². The van der Waals surface area contributed by atoms with Crippen molar-refractivity contribution in [1.29, 1.82) is 0 Å². The lowest BCUT2D eigenvalue weighted by Crippen LogP contribution is -2.44. The number of carbonyl (C=O) groups is 1. The van der Waals surface area contributed by atoms with Gasteiger partial charge in [-0.25, -0.2) is 0 Å². The van der Waals surface area contributed by atoms with Gasteiger partial charge >= 0.3 is 0 Å². The highest BCUT2D eigenvalue weighted by Crippen LogP contribution is 2.39. The van der Waals surface area contributed by atoms with Gasteiger partial charge in [0.1, 0.15) is 0 Å². The third-order valence-electron chi connectivity index (χ3n) is 4.53. The molecule has 1 amide bonds. The van der Waals surface area contributed by atoms with Crippen LogP contribution in [0.4, 0.5) is 5.69 Å². The van der Waals surface area contributed by atoms with Crippen LogP contribution in [0.3, 0.4) is 0 Å². The van der Waals surface area contributed by atoms with Crippen molar-refractivity contribution < 1.29 is 4.79 Å². The number of nitrogens with two attached hydrogens (primary N) is 1. The van der Waals surface area contributed by atoms with Crippen molar-refractivity contribution in [3.63, 3.8) is 0 Å². The molecule has 0 aliphatic heterocycles. The highest BCUT2D eigenvalue weighted by molar-refractivity contribution is 9.10. The largest absolute Gasteiger partial charge is 0.329 e. The molecule has 0 unspecified atom stereocenters. The van der Waals surface area contributed by atoms with Crippen molar-refractivity contribution in [1.82, 2.24) is 0 Å². The van der Waals surface area contributed by atoms with Crippen LogP contribution in [-0.2, 0) is 4.79 Å². The maximum atomic E-state index is 12.6. The zero-order chi connectivity index (χ0) is 14.8. The minimum atomic E-state index is -0.385. The Kier molecular flexibility index (Phi) is 4.86. The number of halogens is 1. The molecule has 1 fully saturated rings. The molecule has 0 bridgehead atoms. The smallest absolute Gasteiger partial charge is 0.231 e. The maximum absolute atomic E-state index is 12.6. The summed E-state index contributed by atoms with van der Waals surface area (Å²) in [4.78, 5) is 12.6. The summed E-state index contributed by atoms with van der Waals surface area (Å²) >= 11 is 3.49. The topological polar surface area (TPSA) is 55.1 Å². The van der Waals surface area contributed by atoms with Gasteiger partial charge in [0, 0.05) is 16.7 Å². The molecule has 2 rings (SSSR count). The second-order valence-electron chi connectivity index (χ2n) is 6.09. The highest BCUT2D eigenvalue weighted by Gasteiger charge is 2.39. The van der Waals surface area contributed by atoms with Crippen molar-refractivity contribution in [3.8, 4) is 0 Å². The average Bonchev–Trinajstić information content (AvgIpc) is 2.44. The van der Waals surface area contributed by atoms with Gasteiger partial charge in [0.15, 0.2) is 0 Å². The van der Waals surface area contributed by atoms with Crippen LogP contribution in [0.25, 0.3) is 0 Å². The van der Waals surface area contributed by atoms with Crippen molar-refractivity contribution in [3.05, 3.63) is 28.2 Å². The normalized spacial score (nSPS) is 26.3. The average molecular weight is 339 g/mol. The van der Waals surface area contributed by atoms with Crippen LogP contribution in [0.1, 0.15) is 38.2 Å². The van der Waals surface area contributed by atoms with Gasteiger partial charge < -0.3 is 11.1 Å². The van der Waals surface area contributed by atoms with Gasteiger partial charge in [0.05, 0.1) is 5.41 Å². The van der Waals surface area contributed by atoms with E-state index < -0.39 is 0 Å². The Bertz CT molecular complexity index is 493. The molecule has 0 atom stereocenters. The molecule has 20 heavy (non-hydrogen) atoms. The Hall–Kier alpha value is -0.870. The van der Waals surface area contributed by atoms with E-state index in [0.29, 0.717) is 12.5 Å². The number of amides is 1. The molecule has 1 saturated carbocycles. The van der Waals surface area contributed by atoms with Gasteiger partial charge in [-0.2, -0.15) is 0 Å². The number of rotatable bonds is 3. The molecule has 0 radical (unpaired) electrons. The summed E-state index contributed by atoms with van der Waals surface area (Å²) in [6.45, 7) is 4.70. The van der Waals surface area contributed by atoms with Gasteiger partial charge in [-0.15, -0.1) is 0 Å². The number of carbonyl (C=O) groups excluding carboxylic acids is 1. The molecule has 4 heteroatoms. The number of anilines is 1. The Morgan fingerprint density at radius 1 is 1.45 bits per heavy atom. The molecule has 1 aromatic carbocycles. The van der Waals surface area contributed by atoms with E-state index in [2.05, 4.69) is 28.2 Å². The van der Waals surface area contributed by atoms with Gasteiger partial charge in [-0.3, -0.25) is 4.79 Å². The molecule has 110 valence electrons. The van der Waals surface area contributed by atoms with E-state index in [1.54, 1.807) is 0 Å². The van der Waals surface area contributed by atoms with Gasteiger partial charge in [0.2, 0.25) is 5.91 Å². The molecule has 0 spiro atoms. The Morgan fingerprint density at radius 2 is 2.10 bits per heavy atom. The van der Waals surface area contributed by atoms with Crippen LogP contribution >= 0.6 is 15.9 Å². The minimum Gasteiger partial charge on any atom is -0.329 e. The third-order valence-corrected chi connectivity index (χ3v) is 5.39. The predicted octanol–water partition coefficient (Wildman–Crippen LogP) is 3.85. The molecule has 3 nitrogen and oxygen atoms in total. The van der Waals surface area contributed by atoms with E-state index in [-0.39, 0.29) is 11.3 Å². The summed E-state index contributed by atoms with van der Waals surface area (Å²) in [6.07, 6.45) is 3.96. The second kappa shape index (κ2) is 6.27. The maximum Gasteiger partial charge on any atom is 0.231 e. The zero-order valence-electron chi connectivity index (χ0n) is 12.2. The van der Waals surface area contributed by atoms with E-state index in [0.717, 1.165) is 41.4 Å². The molecule has 0 heterocycles. The van der Waals surface area contributed by atoms with Crippen molar-refractivity contribution in [2.24, 2.45) is 17.1 Å². The Morgan fingerprint density at radius 3 is 2.65 bits per heavy atom. The lowest BCUT2D eigenvalue weighted by molar-refractivity contribution is -0.127. The third kappa shape index (κ3) is 3.23. The monoisotopic (exact) mass is 338 g/mol. The number of hydrogen-bond donors (Lipinski definition) is 2. The van der Waals surface area contributed by atoms with E-state index in [9.17, 15) is 4.79 Å². The van der Waals surface area contributed by atoms with Crippen LogP contribution < -0.4 is 11.1 Å². The van der Waals surface area contributed by atoms with E-state index in [1.807, 2.05) is 25.1 Å². The second-order valence-corrected chi connectivity index (χ2v) is 6.94. The number of hydrogen-bond acceptors (Lipinski definition) is 2. The molecule has 1 aromatic rings. The molecular formula is C16H23BrN2O. The van der Waals surface area contributed by atoms with Crippen LogP contribution in [-0.4, -0.2) is 12.5 Å². The fourth-order valence-corrected chi connectivity index (χ4v) is 3.15. The summed E-state index contributed by atoms with van der Waals surface area (Å²) in [5.41, 5.74) is 7.53. The number of nitrogens with one attached hydrogen (secondary N) is 1. The first kappa shape index (κ1) is 15.5. The predicted molar refractivity (Wildman–Crippen MR) is 86.6 cm³/mol. The van der Waals surface area contributed by atoms with Crippen LogP contribution in [0.2, 0.25) is 0 Å². The van der Waals surface area contributed by atoms with Gasteiger partial charge in [0.25, 0.3) is 0 Å². The van der Waals surface area contributed by atoms with Crippen molar-refractivity contribution in [2.75, 3.05) is 11.9 Å². The van der Waals surface area contributed by atoms with Crippen LogP contribution in [0.15, 0.2) is 22.7 Å². The summed E-state index contributed by atoms with van der Waals surface area (Å²) < 4.78 is 1.01. The lowest BCUT2D eigenvalue weighted by Gasteiger charge is -2.37. The van der Waals surface area contributed by atoms with E-state index in [1.165, 1.54) is 0 Å². The summed E-state index contributed by atoms with van der Waals surface area (Å²) in [5, 5.41) is 3.04. The summed E-state index contributed by atoms with van der Waals surface area (Å²) in [7, 11) is 0. The molecular weight excluding hydrogens is 316 g/mol. The molecule has 1 aliphatic carbocycles. The number of benzene rings is 1. The SMILES string of the molecule is Cc1ccc(NC(=O)C2(CN)CCC(C)CC2)cc1Br. The summed E-state index contributed by atoms with van der Waals surface area (Å²) in [5.74, 6) is 0.777. The fourth-order valence-electron chi connectivity index (χ4n) is 2.77. The lowest BCUT2D eigenvalue weighted by atomic mass is 9.70. The molecule has 0 aromatic heterocycles. The van der Waals surface area contributed by atoms with Crippen LogP contribution in [0, 0.1) is 18.3 Å². The minimum absolute atomic E-state index is 0.0719. The standard InChI is InChI=1S/C16H23BrN2O/c1-11-5-7-16(10-18,8-6-11)15(20)19-13-4-3-12(2)14(17)9-13/h3-4,9,11H,5-8,10,18H2,1-2H3,(H,19,20). The Labute approximate surface area is 129 Å². The molecule has 3 N–H and O–H groups in total. The quantitative estimate of drug-likeness (QED) is 0.879. The van der Waals surface area contributed by atoms with Crippen LogP contribution in [0.5, 0.6) is 0 Å². The van der Waals surface area contributed by atoms with Crippen molar-refractivity contribution >= 4 is 27.5 Å².